The zero-order valence-corrected chi connectivity index (χ0v) is 14.7. The summed E-state index contributed by atoms with van der Waals surface area (Å²) in [5.41, 5.74) is -1.10. The van der Waals surface area contributed by atoms with E-state index in [-0.39, 0.29) is 11.3 Å². The van der Waals surface area contributed by atoms with Crippen LogP contribution < -0.4 is 5.32 Å². The fourth-order valence-corrected chi connectivity index (χ4v) is 5.14. The molecular weight excluding hydrogens is 282 g/mol. The number of carbonyl (C=O) groups is 1. The lowest BCUT2D eigenvalue weighted by Gasteiger charge is -2.53. The van der Waals surface area contributed by atoms with Crippen molar-refractivity contribution in [3.05, 3.63) is 0 Å². The van der Waals surface area contributed by atoms with Gasteiger partial charge in [0.05, 0.1) is 5.60 Å². The summed E-state index contributed by atoms with van der Waals surface area (Å²) in [6.45, 7) is 11.9. The van der Waals surface area contributed by atoms with Crippen molar-refractivity contribution in [3.63, 3.8) is 0 Å². The number of β-lactam (4-membered cyclic amide) rings is 1. The van der Waals surface area contributed by atoms with E-state index in [1.807, 2.05) is 40.8 Å². The van der Waals surface area contributed by atoms with Crippen LogP contribution in [0.5, 0.6) is 0 Å². The number of nitrogens with one attached hydrogen (secondary N) is 1. The Morgan fingerprint density at radius 2 is 1.68 bits per heavy atom. The molecular formula is C12H25NO4SSi. The normalized spacial score (nSPS) is 27.7. The molecule has 0 unspecified atom stereocenters. The third-order valence-corrected chi connectivity index (χ3v) is 6.17. The zero-order chi connectivity index (χ0) is 15.2. The zero-order valence-electron chi connectivity index (χ0n) is 12.8. The van der Waals surface area contributed by atoms with Crippen LogP contribution in [0, 0.1) is 11.3 Å². The molecule has 0 radical (unpaired) electrons. The van der Waals surface area contributed by atoms with Crippen molar-refractivity contribution in [1.29, 1.82) is 0 Å². The second kappa shape index (κ2) is 4.86. The first-order chi connectivity index (χ1) is 8.30. The van der Waals surface area contributed by atoms with E-state index in [2.05, 4.69) is 5.32 Å². The van der Waals surface area contributed by atoms with Gasteiger partial charge in [-0.05, 0) is 25.4 Å². The van der Waals surface area contributed by atoms with E-state index >= 15 is 0 Å². The molecule has 1 amide bonds. The predicted octanol–water partition coefficient (Wildman–Crippen LogP) is 0.908. The van der Waals surface area contributed by atoms with E-state index in [4.69, 9.17) is 4.43 Å². The molecule has 3 atom stereocenters. The van der Waals surface area contributed by atoms with Crippen LogP contribution in [-0.4, -0.2) is 40.6 Å². The largest absolute Gasteiger partial charge is 0.414 e. The first-order valence-corrected chi connectivity index (χ1v) is 11.2. The van der Waals surface area contributed by atoms with Gasteiger partial charge in [0.1, 0.15) is 11.3 Å². The van der Waals surface area contributed by atoms with Crippen molar-refractivity contribution in [2.75, 3.05) is 6.26 Å². The second-order valence-corrected chi connectivity index (χ2v) is 11.3. The lowest BCUT2D eigenvalue weighted by molar-refractivity contribution is -0.154. The average Bonchev–Trinajstić information content (AvgIpc) is 2.08. The summed E-state index contributed by atoms with van der Waals surface area (Å²) < 4.78 is 29.7. The van der Waals surface area contributed by atoms with Crippen LogP contribution in [0.3, 0.4) is 0 Å². The van der Waals surface area contributed by atoms with Crippen molar-refractivity contribution in [1.82, 2.24) is 5.32 Å². The maximum absolute atomic E-state index is 11.9. The maximum atomic E-state index is 11.9. The van der Waals surface area contributed by atoms with E-state index < -0.39 is 35.8 Å². The minimum absolute atomic E-state index is 0.234. The predicted molar refractivity (Wildman–Crippen MR) is 78.1 cm³/mol. The summed E-state index contributed by atoms with van der Waals surface area (Å²) in [5.74, 6) is -0.875. The lowest BCUT2D eigenvalue weighted by atomic mass is 9.67. The molecule has 1 fully saturated rings. The van der Waals surface area contributed by atoms with Crippen LogP contribution in [0.4, 0.5) is 0 Å². The van der Waals surface area contributed by atoms with Gasteiger partial charge in [0.2, 0.25) is 5.91 Å². The topological polar surface area (TPSA) is 72.5 Å². The van der Waals surface area contributed by atoms with Gasteiger partial charge in [-0.15, -0.1) is 0 Å². The molecule has 1 rings (SSSR count). The number of carbonyl (C=O) groups excluding carboxylic acids is 1. The molecule has 5 nitrogen and oxygen atoms in total. The van der Waals surface area contributed by atoms with Gasteiger partial charge < -0.3 is 9.74 Å². The Balaban J connectivity index is 3.22. The van der Waals surface area contributed by atoms with Crippen molar-refractivity contribution >= 4 is 24.8 Å². The highest BCUT2D eigenvalue weighted by Crippen LogP contribution is 2.45. The fourth-order valence-electron chi connectivity index (χ4n) is 2.45. The lowest BCUT2D eigenvalue weighted by Crippen LogP contribution is -2.72. The number of amides is 1. The highest BCUT2D eigenvalue weighted by atomic mass is 32.2. The Kier molecular flexibility index (Phi) is 4.25. The monoisotopic (exact) mass is 307 g/mol. The molecule has 7 heteroatoms. The standard InChI is InChI=1S/C12H25NO4SSi/c1-11(2,3)12(4,17-19(6)7)8-9(14)13-10(8)18(5,15)16/h8,10,19H,1-7H3,(H,13,14)/t8-,10+,12+/m0/s1. The first-order valence-electron chi connectivity index (χ1n) is 6.48. The van der Waals surface area contributed by atoms with E-state index in [1.165, 1.54) is 0 Å². The van der Waals surface area contributed by atoms with Gasteiger partial charge in [-0.25, -0.2) is 8.42 Å². The van der Waals surface area contributed by atoms with Gasteiger partial charge in [0, 0.05) is 6.26 Å². The molecule has 19 heavy (non-hydrogen) atoms. The molecule has 0 bridgehead atoms. The Morgan fingerprint density at radius 3 is 1.95 bits per heavy atom. The summed E-state index contributed by atoms with van der Waals surface area (Å²) in [5, 5.41) is 1.66. The number of hydrogen-bond donors (Lipinski definition) is 1. The van der Waals surface area contributed by atoms with Crippen molar-refractivity contribution < 1.29 is 17.6 Å². The van der Waals surface area contributed by atoms with Gasteiger partial charge in [-0.2, -0.15) is 0 Å². The summed E-state index contributed by atoms with van der Waals surface area (Å²) in [4.78, 5) is 11.9. The molecule has 0 saturated carbocycles. The second-order valence-electron chi connectivity index (χ2n) is 6.76. The Morgan fingerprint density at radius 1 is 1.21 bits per heavy atom. The summed E-state index contributed by atoms with van der Waals surface area (Å²) >= 11 is 0. The van der Waals surface area contributed by atoms with Gasteiger partial charge in [-0.3, -0.25) is 4.79 Å². The van der Waals surface area contributed by atoms with Gasteiger partial charge in [0.15, 0.2) is 18.9 Å². The molecule has 1 heterocycles. The van der Waals surface area contributed by atoms with Crippen LogP contribution in [0.2, 0.25) is 13.1 Å². The Labute approximate surface area is 117 Å². The molecule has 112 valence electrons. The Bertz CT molecular complexity index is 469. The van der Waals surface area contributed by atoms with Crippen LogP contribution in [0.1, 0.15) is 27.7 Å². The SMILES string of the molecule is C[SiH](C)O[C@](C)([C@H]1C(=O)N[C@@H]1S(C)(=O)=O)C(C)(C)C. The molecule has 1 N–H and O–H groups in total. The number of rotatable bonds is 4. The first kappa shape index (κ1) is 16.7. The molecule has 1 aliphatic rings. The Hall–Kier alpha value is -0.403. The minimum atomic E-state index is -3.32. The van der Waals surface area contributed by atoms with Crippen LogP contribution in [0.25, 0.3) is 0 Å². The van der Waals surface area contributed by atoms with Gasteiger partial charge in [-0.1, -0.05) is 20.8 Å². The van der Waals surface area contributed by atoms with E-state index in [0.29, 0.717) is 0 Å². The number of hydrogen-bond acceptors (Lipinski definition) is 4. The molecule has 1 aliphatic heterocycles. The van der Waals surface area contributed by atoms with E-state index in [1.54, 1.807) is 0 Å². The molecule has 1 saturated heterocycles. The average molecular weight is 307 g/mol. The summed E-state index contributed by atoms with van der Waals surface area (Å²) in [6, 6.07) is 0. The number of sulfone groups is 1. The summed E-state index contributed by atoms with van der Waals surface area (Å²) in [6.07, 6.45) is 1.15. The molecule has 0 aliphatic carbocycles. The van der Waals surface area contributed by atoms with Crippen molar-refractivity contribution in [3.8, 4) is 0 Å². The third-order valence-electron chi connectivity index (χ3n) is 3.89. The maximum Gasteiger partial charge on any atom is 0.230 e. The summed E-state index contributed by atoms with van der Waals surface area (Å²) in [7, 11) is -4.74. The van der Waals surface area contributed by atoms with Crippen LogP contribution in [-0.2, 0) is 19.1 Å². The molecule has 0 aromatic heterocycles. The van der Waals surface area contributed by atoms with Crippen molar-refractivity contribution in [2.45, 2.75) is 51.8 Å². The quantitative estimate of drug-likeness (QED) is 0.619. The fraction of sp³-hybridized carbons (Fsp3) is 0.917. The highest BCUT2D eigenvalue weighted by molar-refractivity contribution is 7.91. The minimum Gasteiger partial charge on any atom is -0.414 e. The third kappa shape index (κ3) is 3.03. The molecule has 0 spiro atoms. The van der Waals surface area contributed by atoms with Gasteiger partial charge in [0.25, 0.3) is 0 Å². The smallest absolute Gasteiger partial charge is 0.230 e. The van der Waals surface area contributed by atoms with Crippen LogP contribution >= 0.6 is 0 Å². The van der Waals surface area contributed by atoms with E-state index in [0.717, 1.165) is 6.26 Å². The van der Waals surface area contributed by atoms with Crippen molar-refractivity contribution in [2.24, 2.45) is 11.3 Å². The molecule has 0 aromatic rings. The van der Waals surface area contributed by atoms with Crippen LogP contribution in [0.15, 0.2) is 0 Å². The van der Waals surface area contributed by atoms with Gasteiger partial charge >= 0.3 is 0 Å². The van der Waals surface area contributed by atoms with E-state index in [9.17, 15) is 13.2 Å². The molecule has 0 aromatic carbocycles. The highest BCUT2D eigenvalue weighted by Gasteiger charge is 2.60.